The summed E-state index contributed by atoms with van der Waals surface area (Å²) in [5.74, 6) is -0.175. The van der Waals surface area contributed by atoms with Gasteiger partial charge >= 0.3 is 0 Å². The van der Waals surface area contributed by atoms with Crippen LogP contribution in [0.4, 0.5) is 0 Å². The van der Waals surface area contributed by atoms with Crippen LogP contribution in [-0.4, -0.2) is 34.9 Å². The molecule has 6 heteroatoms. The first-order valence-corrected chi connectivity index (χ1v) is 16.0. The Balaban J connectivity index is 1.01. The van der Waals surface area contributed by atoms with Crippen molar-refractivity contribution in [3.05, 3.63) is 131 Å². The minimum absolute atomic E-state index is 0.0876. The normalized spacial score (nSPS) is 11.1. The molecule has 6 aromatic rings. The van der Waals surface area contributed by atoms with Crippen LogP contribution in [0.2, 0.25) is 0 Å². The molecule has 4 aromatic carbocycles. The number of para-hydroxylation sites is 2. The summed E-state index contributed by atoms with van der Waals surface area (Å²) in [5.41, 5.74) is 8.79. The van der Waals surface area contributed by atoms with E-state index < -0.39 is 0 Å². The van der Waals surface area contributed by atoms with Crippen LogP contribution in [0.5, 0.6) is 0 Å². The number of pyridine rings is 2. The Morgan fingerprint density at radius 3 is 1.35 bits per heavy atom. The fourth-order valence-corrected chi connectivity index (χ4v) is 5.92. The molecule has 2 N–H and O–H groups in total. The fraction of sp³-hybridized carbons (Fsp3) is 0.200. The van der Waals surface area contributed by atoms with Crippen molar-refractivity contribution in [1.29, 1.82) is 0 Å². The number of rotatable bonds is 11. The van der Waals surface area contributed by atoms with E-state index in [-0.39, 0.29) is 11.8 Å². The Bertz CT molecular complexity index is 1890. The summed E-state index contributed by atoms with van der Waals surface area (Å²) in [6.07, 6.45) is 3.64. The van der Waals surface area contributed by atoms with Gasteiger partial charge in [0.05, 0.1) is 33.5 Å². The Morgan fingerprint density at radius 1 is 0.522 bits per heavy atom. The molecule has 0 aliphatic heterocycles. The Hall–Kier alpha value is -5.36. The number of carbonyl (C=O) groups excluding carboxylic acids is 2. The zero-order chi connectivity index (χ0) is 31.9. The van der Waals surface area contributed by atoms with Gasteiger partial charge in [-0.25, -0.2) is 9.97 Å². The zero-order valence-electron chi connectivity index (χ0n) is 26.3. The number of nitrogens with one attached hydrogen (secondary N) is 2. The molecule has 0 saturated carbocycles. The average molecular weight is 607 g/mol. The van der Waals surface area contributed by atoms with Crippen molar-refractivity contribution in [2.45, 2.75) is 39.5 Å². The molecule has 2 amide bonds. The van der Waals surface area contributed by atoms with Crippen molar-refractivity contribution in [2.75, 3.05) is 13.1 Å². The van der Waals surface area contributed by atoms with Gasteiger partial charge in [0.25, 0.3) is 11.8 Å². The van der Waals surface area contributed by atoms with Crippen LogP contribution >= 0.6 is 0 Å². The lowest BCUT2D eigenvalue weighted by Crippen LogP contribution is -2.25. The highest BCUT2D eigenvalue weighted by Crippen LogP contribution is 2.28. The number of nitrogens with zero attached hydrogens (tertiary/aromatic N) is 2. The number of benzene rings is 4. The molecule has 0 unspecified atom stereocenters. The van der Waals surface area contributed by atoms with E-state index in [0.29, 0.717) is 24.2 Å². The van der Waals surface area contributed by atoms with Crippen molar-refractivity contribution >= 4 is 33.6 Å². The molecule has 6 nitrogen and oxygen atoms in total. The highest BCUT2D eigenvalue weighted by atomic mass is 16.2. The number of aryl methyl sites for hydroxylation is 2. The molecule has 0 atom stereocenters. The summed E-state index contributed by atoms with van der Waals surface area (Å²) in [5, 5.41) is 7.92. The number of hydrogen-bond acceptors (Lipinski definition) is 4. The van der Waals surface area contributed by atoms with E-state index >= 15 is 0 Å². The summed E-state index contributed by atoms with van der Waals surface area (Å²) in [4.78, 5) is 36.3. The maximum atomic E-state index is 13.3. The van der Waals surface area contributed by atoms with Crippen LogP contribution in [0.3, 0.4) is 0 Å². The van der Waals surface area contributed by atoms with E-state index in [9.17, 15) is 9.59 Å². The predicted molar refractivity (Wildman–Crippen MR) is 187 cm³/mol. The fourth-order valence-electron chi connectivity index (χ4n) is 5.92. The molecule has 230 valence electrons. The Labute approximate surface area is 269 Å². The van der Waals surface area contributed by atoms with Gasteiger partial charge in [-0.15, -0.1) is 0 Å². The van der Waals surface area contributed by atoms with Gasteiger partial charge < -0.3 is 10.6 Å². The van der Waals surface area contributed by atoms with Crippen LogP contribution in [-0.2, 0) is 0 Å². The number of aromatic nitrogens is 2. The molecule has 6 rings (SSSR count). The van der Waals surface area contributed by atoms with Crippen LogP contribution in [0, 0.1) is 13.8 Å². The van der Waals surface area contributed by atoms with Crippen LogP contribution < -0.4 is 10.6 Å². The number of unbranched alkanes of at least 4 members (excludes halogenated alkanes) is 3. The molecule has 46 heavy (non-hydrogen) atoms. The van der Waals surface area contributed by atoms with Crippen molar-refractivity contribution in [3.8, 4) is 22.5 Å². The van der Waals surface area contributed by atoms with E-state index in [2.05, 4.69) is 36.6 Å². The Kier molecular flexibility index (Phi) is 9.44. The van der Waals surface area contributed by atoms with Gasteiger partial charge in [0.2, 0.25) is 0 Å². The molecule has 0 saturated heterocycles. The van der Waals surface area contributed by atoms with Crippen LogP contribution in [0.1, 0.15) is 57.5 Å². The quantitative estimate of drug-likeness (QED) is 0.145. The number of fused-ring (bicyclic) bond motifs is 2. The molecule has 0 aliphatic rings. The van der Waals surface area contributed by atoms with E-state index in [1.165, 1.54) is 0 Å². The predicted octanol–water partition coefficient (Wildman–Crippen LogP) is 8.45. The highest BCUT2D eigenvalue weighted by molar-refractivity contribution is 6.08. The molecule has 2 aromatic heterocycles. The monoisotopic (exact) mass is 606 g/mol. The zero-order valence-corrected chi connectivity index (χ0v) is 26.3. The summed E-state index contributed by atoms with van der Waals surface area (Å²) in [6, 6.07) is 35.6. The SMILES string of the molecule is Cc1ccccc1-c1cc(C(=O)NCCCCCCNC(=O)c2cc(-c3ccccc3C)nc3ccccc23)c2ccccc2n1. The maximum Gasteiger partial charge on any atom is 0.252 e. The maximum absolute atomic E-state index is 13.3. The third-order valence-corrected chi connectivity index (χ3v) is 8.44. The first kappa shape index (κ1) is 30.7. The van der Waals surface area contributed by atoms with E-state index in [1.54, 1.807) is 0 Å². The first-order valence-electron chi connectivity index (χ1n) is 16.0. The third-order valence-electron chi connectivity index (χ3n) is 8.44. The number of hydrogen-bond donors (Lipinski definition) is 2. The summed E-state index contributed by atoms with van der Waals surface area (Å²) >= 11 is 0. The highest BCUT2D eigenvalue weighted by Gasteiger charge is 2.16. The minimum atomic E-state index is -0.0876. The lowest BCUT2D eigenvalue weighted by Gasteiger charge is -2.12. The molecule has 0 radical (unpaired) electrons. The molecular weight excluding hydrogens is 568 g/mol. The molecule has 0 spiro atoms. The largest absolute Gasteiger partial charge is 0.352 e. The van der Waals surface area contributed by atoms with Crippen molar-refractivity contribution < 1.29 is 9.59 Å². The van der Waals surface area contributed by atoms with Gasteiger partial charge in [-0.2, -0.15) is 0 Å². The topological polar surface area (TPSA) is 84.0 Å². The minimum Gasteiger partial charge on any atom is -0.352 e. The summed E-state index contributed by atoms with van der Waals surface area (Å²) in [7, 11) is 0. The van der Waals surface area contributed by atoms with Gasteiger partial charge in [0, 0.05) is 35.0 Å². The number of carbonyl (C=O) groups is 2. The second-order valence-electron chi connectivity index (χ2n) is 11.7. The lowest BCUT2D eigenvalue weighted by molar-refractivity contribution is 0.0945. The van der Waals surface area contributed by atoms with Crippen LogP contribution in [0.25, 0.3) is 44.3 Å². The first-order chi connectivity index (χ1) is 22.5. The average Bonchev–Trinajstić information content (AvgIpc) is 3.08. The van der Waals surface area contributed by atoms with Crippen molar-refractivity contribution in [2.24, 2.45) is 0 Å². The third kappa shape index (κ3) is 6.81. The van der Waals surface area contributed by atoms with Gasteiger partial charge in [0.1, 0.15) is 0 Å². The molecule has 0 aliphatic carbocycles. The molecule has 0 fully saturated rings. The summed E-state index contributed by atoms with van der Waals surface area (Å²) in [6.45, 7) is 5.29. The van der Waals surface area contributed by atoms with Gasteiger partial charge in [-0.3, -0.25) is 9.59 Å². The smallest absolute Gasteiger partial charge is 0.252 e. The van der Waals surface area contributed by atoms with Gasteiger partial charge in [-0.05, 0) is 62.1 Å². The number of amides is 2. The van der Waals surface area contributed by atoms with E-state index in [0.717, 1.165) is 81.1 Å². The van der Waals surface area contributed by atoms with Gasteiger partial charge in [0.15, 0.2) is 0 Å². The van der Waals surface area contributed by atoms with Crippen molar-refractivity contribution in [3.63, 3.8) is 0 Å². The van der Waals surface area contributed by atoms with Crippen LogP contribution in [0.15, 0.2) is 109 Å². The second-order valence-corrected chi connectivity index (χ2v) is 11.7. The van der Waals surface area contributed by atoms with Gasteiger partial charge in [-0.1, -0.05) is 97.8 Å². The van der Waals surface area contributed by atoms with E-state index in [4.69, 9.17) is 9.97 Å². The van der Waals surface area contributed by atoms with E-state index in [1.807, 2.05) is 97.1 Å². The molecule has 2 heterocycles. The molecule has 0 bridgehead atoms. The molecular formula is C40H38N4O2. The second kappa shape index (κ2) is 14.2. The summed E-state index contributed by atoms with van der Waals surface area (Å²) < 4.78 is 0. The lowest BCUT2D eigenvalue weighted by atomic mass is 10.0. The van der Waals surface area contributed by atoms with Crippen molar-refractivity contribution in [1.82, 2.24) is 20.6 Å². The Morgan fingerprint density at radius 2 is 0.913 bits per heavy atom. The standard InChI is InChI=1S/C40H38N4O2/c1-27-15-5-7-17-29(27)37-25-33(31-19-9-11-21-35(31)43-37)39(45)41-23-13-3-4-14-24-42-40(46)34-26-38(30-18-8-6-16-28(30)2)44-36-22-12-10-20-32(34)36/h5-12,15-22,25-26H,3-4,13-14,23-24H2,1-2H3,(H,41,45)(H,42,46).